The number of imide groups is 1. The number of primary amides is 1. The summed E-state index contributed by atoms with van der Waals surface area (Å²) in [6, 6.07) is 18.7. The maximum atomic E-state index is 12.7. The van der Waals surface area contributed by atoms with Gasteiger partial charge in [-0.05, 0) is 64.1 Å². The highest BCUT2D eigenvalue weighted by atomic mass is 16.6. The molecule has 0 saturated heterocycles. The molecule has 0 spiro atoms. The average molecular weight is 484 g/mol. The quantitative estimate of drug-likeness (QED) is 0.433. The van der Waals surface area contributed by atoms with Crippen LogP contribution in [0.4, 0.5) is 9.59 Å². The van der Waals surface area contributed by atoms with Crippen LogP contribution in [0.25, 0.3) is 0 Å². The van der Waals surface area contributed by atoms with Gasteiger partial charge in [0.1, 0.15) is 12.2 Å². The van der Waals surface area contributed by atoms with Gasteiger partial charge in [-0.3, -0.25) is 4.79 Å². The first-order valence-electron chi connectivity index (χ1n) is 11.9. The lowest BCUT2D eigenvalue weighted by Crippen LogP contribution is -2.43. The molecule has 3 amide bonds. The van der Waals surface area contributed by atoms with Crippen LogP contribution in [0, 0.1) is 0 Å². The Bertz CT molecular complexity index is 929. The Morgan fingerprint density at radius 3 is 2.09 bits per heavy atom. The summed E-state index contributed by atoms with van der Waals surface area (Å²) in [5, 5.41) is 3.20. The number of ether oxygens (including phenoxy) is 2. The van der Waals surface area contributed by atoms with E-state index in [0.29, 0.717) is 25.8 Å². The van der Waals surface area contributed by atoms with Crippen molar-refractivity contribution in [2.75, 3.05) is 13.1 Å². The number of unbranched alkanes of at least 4 members (excludes halogenated alkanes) is 1. The second kappa shape index (κ2) is 14.1. The molecule has 0 saturated carbocycles. The molecule has 0 aliphatic rings. The third kappa shape index (κ3) is 11.1. The molecule has 3 N–H and O–H groups in total. The summed E-state index contributed by atoms with van der Waals surface area (Å²) in [4.78, 5) is 38.1. The Balaban J connectivity index is 1.86. The second-order valence-electron chi connectivity index (χ2n) is 9.31. The minimum Gasteiger partial charge on any atom is -0.444 e. The third-order valence-corrected chi connectivity index (χ3v) is 5.15. The smallest absolute Gasteiger partial charge is 0.419 e. The highest BCUT2D eigenvalue weighted by Gasteiger charge is 2.28. The Labute approximate surface area is 207 Å². The molecule has 2 aromatic rings. The summed E-state index contributed by atoms with van der Waals surface area (Å²) >= 11 is 0. The summed E-state index contributed by atoms with van der Waals surface area (Å²) in [6.07, 6.45) is 0.801. The Hall–Kier alpha value is -3.39. The fraction of sp³-hybridized carbons (Fsp3) is 0.444. The lowest BCUT2D eigenvalue weighted by atomic mass is 10.1. The van der Waals surface area contributed by atoms with Crippen LogP contribution in [0.2, 0.25) is 0 Å². The summed E-state index contributed by atoms with van der Waals surface area (Å²) in [6.45, 7) is 5.98. The second-order valence-corrected chi connectivity index (χ2v) is 9.31. The van der Waals surface area contributed by atoms with E-state index >= 15 is 0 Å². The lowest BCUT2D eigenvalue weighted by Gasteiger charge is -2.26. The van der Waals surface area contributed by atoms with Crippen molar-refractivity contribution < 1.29 is 23.9 Å². The normalized spacial score (nSPS) is 12.0. The molecule has 0 unspecified atom stereocenters. The van der Waals surface area contributed by atoms with Crippen molar-refractivity contribution in [2.24, 2.45) is 5.73 Å². The number of carbonyl (C=O) groups excluding carboxylic acids is 3. The van der Waals surface area contributed by atoms with Crippen LogP contribution in [0.5, 0.6) is 0 Å². The van der Waals surface area contributed by atoms with Gasteiger partial charge in [0.05, 0.1) is 6.04 Å². The van der Waals surface area contributed by atoms with Crippen molar-refractivity contribution in [3.05, 3.63) is 71.8 Å². The van der Waals surface area contributed by atoms with E-state index in [1.54, 1.807) is 20.8 Å². The molecule has 8 nitrogen and oxygen atoms in total. The van der Waals surface area contributed by atoms with E-state index in [4.69, 9.17) is 15.2 Å². The van der Waals surface area contributed by atoms with Crippen molar-refractivity contribution in [3.63, 3.8) is 0 Å². The van der Waals surface area contributed by atoms with Crippen LogP contribution in [0.3, 0.4) is 0 Å². The number of nitrogens with zero attached hydrogens (tertiary/aromatic N) is 1. The van der Waals surface area contributed by atoms with E-state index in [2.05, 4.69) is 5.32 Å². The van der Waals surface area contributed by atoms with Gasteiger partial charge in [0.15, 0.2) is 0 Å². The number of benzene rings is 2. The molecular formula is C27H37N3O5. The van der Waals surface area contributed by atoms with Crippen molar-refractivity contribution in [2.45, 2.75) is 64.7 Å². The molecule has 0 heterocycles. The van der Waals surface area contributed by atoms with Gasteiger partial charge in [-0.15, -0.1) is 0 Å². The standard InChI is InChI=1S/C27H37N3O5/c1-27(2,3)35-26(33)30(25(32)34-20-22-14-8-5-9-15-22)19-11-10-16-23(24(28)31)29-18-17-21-12-6-4-7-13-21/h4-9,12-15,23,29H,10-11,16-20H2,1-3H3,(H2,28,31)/t23-/m1/s1. The zero-order valence-corrected chi connectivity index (χ0v) is 20.9. The first-order chi connectivity index (χ1) is 16.7. The van der Waals surface area contributed by atoms with Gasteiger partial charge in [0.25, 0.3) is 0 Å². The zero-order chi connectivity index (χ0) is 25.7. The molecule has 0 bridgehead atoms. The molecular weight excluding hydrogens is 446 g/mol. The van der Waals surface area contributed by atoms with Gasteiger partial charge in [-0.1, -0.05) is 60.7 Å². The van der Waals surface area contributed by atoms with Crippen LogP contribution >= 0.6 is 0 Å². The number of rotatable bonds is 12. The largest absolute Gasteiger partial charge is 0.444 e. The molecule has 8 heteroatoms. The Morgan fingerprint density at radius 1 is 0.914 bits per heavy atom. The summed E-state index contributed by atoms with van der Waals surface area (Å²) in [5.41, 5.74) is 6.79. The maximum Gasteiger partial charge on any atom is 0.419 e. The minimum absolute atomic E-state index is 0.0497. The van der Waals surface area contributed by atoms with Gasteiger partial charge < -0.3 is 20.5 Å². The fourth-order valence-corrected chi connectivity index (χ4v) is 3.37. The number of carbonyl (C=O) groups is 3. The van der Waals surface area contributed by atoms with Crippen molar-refractivity contribution in [3.8, 4) is 0 Å². The van der Waals surface area contributed by atoms with Gasteiger partial charge in [-0.2, -0.15) is 0 Å². The summed E-state index contributed by atoms with van der Waals surface area (Å²) in [7, 11) is 0. The fourth-order valence-electron chi connectivity index (χ4n) is 3.37. The Kier molecular flexibility index (Phi) is 11.2. The predicted octanol–water partition coefficient (Wildman–Crippen LogP) is 4.42. The number of nitrogens with one attached hydrogen (secondary N) is 1. The lowest BCUT2D eigenvalue weighted by molar-refractivity contribution is -0.120. The van der Waals surface area contributed by atoms with Crippen LogP contribution in [0.1, 0.15) is 51.2 Å². The monoisotopic (exact) mass is 483 g/mol. The van der Waals surface area contributed by atoms with E-state index in [-0.39, 0.29) is 13.2 Å². The highest BCUT2D eigenvalue weighted by molar-refractivity contribution is 5.87. The molecule has 0 radical (unpaired) electrons. The van der Waals surface area contributed by atoms with Crippen LogP contribution in [-0.4, -0.2) is 47.7 Å². The Morgan fingerprint density at radius 2 is 1.51 bits per heavy atom. The van der Waals surface area contributed by atoms with Crippen molar-refractivity contribution in [1.82, 2.24) is 10.2 Å². The topological polar surface area (TPSA) is 111 Å². The van der Waals surface area contributed by atoms with E-state index < -0.39 is 29.7 Å². The molecule has 0 aliphatic carbocycles. The van der Waals surface area contributed by atoms with E-state index in [1.165, 1.54) is 5.56 Å². The molecule has 35 heavy (non-hydrogen) atoms. The van der Waals surface area contributed by atoms with Crippen LogP contribution in [-0.2, 0) is 27.3 Å². The van der Waals surface area contributed by atoms with E-state index in [0.717, 1.165) is 16.9 Å². The van der Waals surface area contributed by atoms with E-state index in [9.17, 15) is 14.4 Å². The molecule has 2 rings (SSSR count). The first kappa shape index (κ1) is 27.9. The predicted molar refractivity (Wildman–Crippen MR) is 135 cm³/mol. The van der Waals surface area contributed by atoms with Crippen molar-refractivity contribution >= 4 is 18.1 Å². The van der Waals surface area contributed by atoms with Crippen molar-refractivity contribution in [1.29, 1.82) is 0 Å². The molecule has 2 aromatic carbocycles. The maximum absolute atomic E-state index is 12.7. The van der Waals surface area contributed by atoms with Gasteiger partial charge in [0, 0.05) is 6.54 Å². The average Bonchev–Trinajstić information content (AvgIpc) is 2.81. The van der Waals surface area contributed by atoms with Crippen LogP contribution < -0.4 is 11.1 Å². The number of nitrogens with two attached hydrogens (primary N) is 1. The van der Waals surface area contributed by atoms with E-state index in [1.807, 2.05) is 60.7 Å². The number of hydrogen-bond acceptors (Lipinski definition) is 6. The molecule has 0 fully saturated rings. The summed E-state index contributed by atoms with van der Waals surface area (Å²) < 4.78 is 10.7. The highest BCUT2D eigenvalue weighted by Crippen LogP contribution is 2.13. The molecule has 190 valence electrons. The van der Waals surface area contributed by atoms with Gasteiger partial charge >= 0.3 is 12.2 Å². The minimum atomic E-state index is -0.768. The van der Waals surface area contributed by atoms with Gasteiger partial charge in [0.2, 0.25) is 5.91 Å². The zero-order valence-electron chi connectivity index (χ0n) is 20.9. The summed E-state index contributed by atoms with van der Waals surface area (Å²) in [5.74, 6) is -0.427. The SMILES string of the molecule is CC(C)(C)OC(=O)N(CCCC[C@@H](NCCc1ccccc1)C(N)=O)C(=O)OCc1ccccc1. The third-order valence-electron chi connectivity index (χ3n) is 5.15. The molecule has 1 atom stereocenters. The van der Waals surface area contributed by atoms with Crippen LogP contribution in [0.15, 0.2) is 60.7 Å². The molecule has 0 aromatic heterocycles. The number of amides is 3. The van der Waals surface area contributed by atoms with Gasteiger partial charge in [-0.25, -0.2) is 14.5 Å². The first-order valence-corrected chi connectivity index (χ1v) is 11.9. The molecule has 0 aliphatic heterocycles. The number of hydrogen-bond donors (Lipinski definition) is 2.